The molecule has 1 unspecified atom stereocenters. The number of amides is 1. The Balaban J connectivity index is 1.95. The van der Waals surface area contributed by atoms with Crippen LogP contribution < -0.4 is 5.32 Å². The second-order valence-electron chi connectivity index (χ2n) is 5.59. The molecule has 2 rings (SSSR count). The number of rotatable bonds is 2. The summed E-state index contributed by atoms with van der Waals surface area (Å²) in [6.45, 7) is 4.89. The predicted molar refractivity (Wildman–Crippen MR) is 66.9 cm³/mol. The Morgan fingerprint density at radius 1 is 1.33 bits per heavy atom. The fourth-order valence-electron chi connectivity index (χ4n) is 2.89. The van der Waals surface area contributed by atoms with Crippen molar-refractivity contribution in [2.45, 2.75) is 26.2 Å². The van der Waals surface area contributed by atoms with Gasteiger partial charge in [-0.25, -0.2) is 0 Å². The smallest absolute Gasteiger partial charge is 0.313 e. The molecule has 1 amide bonds. The molecule has 1 N–H and O–H groups in total. The minimum atomic E-state index is -0.517. The zero-order valence-corrected chi connectivity index (χ0v) is 11.2. The van der Waals surface area contributed by atoms with E-state index in [0.717, 1.165) is 25.9 Å². The molecule has 0 bridgehead atoms. The molecule has 0 saturated carbocycles. The van der Waals surface area contributed by atoms with Gasteiger partial charge in [0, 0.05) is 19.0 Å². The summed E-state index contributed by atoms with van der Waals surface area (Å²) in [6.07, 6.45) is 2.52. The summed E-state index contributed by atoms with van der Waals surface area (Å²) in [7, 11) is 1.41. The molecule has 102 valence electrons. The lowest BCUT2D eigenvalue weighted by atomic mass is 9.90. The Morgan fingerprint density at radius 2 is 2.00 bits per heavy atom. The van der Waals surface area contributed by atoms with Crippen molar-refractivity contribution in [2.75, 3.05) is 33.3 Å². The van der Waals surface area contributed by atoms with Gasteiger partial charge in [-0.05, 0) is 39.3 Å². The van der Waals surface area contributed by atoms with Crippen molar-refractivity contribution in [1.82, 2.24) is 10.2 Å². The van der Waals surface area contributed by atoms with Gasteiger partial charge in [0.1, 0.15) is 0 Å². The molecule has 5 nitrogen and oxygen atoms in total. The van der Waals surface area contributed by atoms with Gasteiger partial charge in [-0.2, -0.15) is 0 Å². The zero-order valence-electron chi connectivity index (χ0n) is 11.2. The Morgan fingerprint density at radius 3 is 2.61 bits per heavy atom. The molecule has 0 aromatic carbocycles. The van der Waals surface area contributed by atoms with Gasteiger partial charge in [0.25, 0.3) is 0 Å². The van der Waals surface area contributed by atoms with Gasteiger partial charge < -0.3 is 15.0 Å². The second kappa shape index (κ2) is 5.26. The first-order chi connectivity index (χ1) is 8.57. The maximum atomic E-state index is 12.3. The molecule has 0 aromatic heterocycles. The van der Waals surface area contributed by atoms with Crippen LogP contribution >= 0.6 is 0 Å². The van der Waals surface area contributed by atoms with Crippen LogP contribution in [-0.4, -0.2) is 50.1 Å². The van der Waals surface area contributed by atoms with Crippen molar-refractivity contribution in [1.29, 1.82) is 0 Å². The van der Waals surface area contributed by atoms with E-state index in [0.29, 0.717) is 19.5 Å². The van der Waals surface area contributed by atoms with E-state index >= 15 is 0 Å². The highest BCUT2D eigenvalue weighted by atomic mass is 16.5. The Labute approximate surface area is 108 Å². The standard InChI is InChI=1S/C13H22N2O3/c1-13(12(17)18-2)5-8-15(9-13)11(16)10-3-6-14-7-4-10/h10,14H,3-9H2,1-2H3. The van der Waals surface area contributed by atoms with E-state index in [-0.39, 0.29) is 17.8 Å². The number of likely N-dealkylation sites (tertiary alicyclic amines) is 1. The monoisotopic (exact) mass is 254 g/mol. The third-order valence-electron chi connectivity index (χ3n) is 4.15. The SMILES string of the molecule is COC(=O)C1(C)CCN(C(=O)C2CCNCC2)C1. The van der Waals surface area contributed by atoms with Gasteiger partial charge in [-0.15, -0.1) is 0 Å². The first-order valence-corrected chi connectivity index (χ1v) is 6.65. The molecule has 2 saturated heterocycles. The van der Waals surface area contributed by atoms with E-state index in [1.807, 2.05) is 11.8 Å². The number of carbonyl (C=O) groups excluding carboxylic acids is 2. The summed E-state index contributed by atoms with van der Waals surface area (Å²) >= 11 is 0. The fraction of sp³-hybridized carbons (Fsp3) is 0.846. The fourth-order valence-corrected chi connectivity index (χ4v) is 2.89. The molecular formula is C13H22N2O3. The van der Waals surface area contributed by atoms with Crippen molar-refractivity contribution >= 4 is 11.9 Å². The molecule has 0 aliphatic carbocycles. The van der Waals surface area contributed by atoms with Crippen molar-refractivity contribution in [3.05, 3.63) is 0 Å². The quantitative estimate of drug-likeness (QED) is 0.725. The Hall–Kier alpha value is -1.10. The van der Waals surface area contributed by atoms with E-state index in [1.54, 1.807) is 0 Å². The lowest BCUT2D eigenvalue weighted by Gasteiger charge is -2.28. The number of carbonyl (C=O) groups is 2. The lowest BCUT2D eigenvalue weighted by molar-refractivity contribution is -0.151. The summed E-state index contributed by atoms with van der Waals surface area (Å²) in [4.78, 5) is 25.9. The topological polar surface area (TPSA) is 58.6 Å². The first-order valence-electron chi connectivity index (χ1n) is 6.65. The second-order valence-corrected chi connectivity index (χ2v) is 5.59. The number of ether oxygens (including phenoxy) is 1. The molecule has 2 aliphatic heterocycles. The van der Waals surface area contributed by atoms with Crippen molar-refractivity contribution in [2.24, 2.45) is 11.3 Å². The van der Waals surface area contributed by atoms with E-state index in [9.17, 15) is 9.59 Å². The zero-order chi connectivity index (χ0) is 13.2. The van der Waals surface area contributed by atoms with Crippen LogP contribution in [0.4, 0.5) is 0 Å². The summed E-state index contributed by atoms with van der Waals surface area (Å²) in [5.74, 6) is 0.137. The van der Waals surface area contributed by atoms with Crippen LogP contribution in [0.1, 0.15) is 26.2 Å². The number of nitrogens with one attached hydrogen (secondary N) is 1. The molecule has 2 heterocycles. The van der Waals surface area contributed by atoms with Crippen molar-refractivity contribution < 1.29 is 14.3 Å². The minimum Gasteiger partial charge on any atom is -0.469 e. The van der Waals surface area contributed by atoms with E-state index in [2.05, 4.69) is 5.32 Å². The summed E-state index contributed by atoms with van der Waals surface area (Å²) in [5.41, 5.74) is -0.517. The minimum absolute atomic E-state index is 0.131. The highest BCUT2D eigenvalue weighted by molar-refractivity contribution is 5.82. The predicted octanol–water partition coefficient (Wildman–Crippen LogP) is 0.398. The maximum absolute atomic E-state index is 12.3. The molecule has 0 spiro atoms. The number of esters is 1. The van der Waals surface area contributed by atoms with Crippen LogP contribution in [0.25, 0.3) is 0 Å². The van der Waals surface area contributed by atoms with Crippen LogP contribution in [0.15, 0.2) is 0 Å². The molecule has 0 aromatic rings. The summed E-state index contributed by atoms with van der Waals surface area (Å²) in [5, 5.41) is 3.26. The first kappa shape index (κ1) is 13.3. The van der Waals surface area contributed by atoms with Crippen LogP contribution in [0.2, 0.25) is 0 Å². The lowest BCUT2D eigenvalue weighted by Crippen LogP contribution is -2.41. The molecular weight excluding hydrogens is 232 g/mol. The van der Waals surface area contributed by atoms with Gasteiger partial charge in [-0.1, -0.05) is 0 Å². The average Bonchev–Trinajstić information content (AvgIpc) is 2.82. The van der Waals surface area contributed by atoms with Gasteiger partial charge in [0.2, 0.25) is 5.91 Å². The molecule has 18 heavy (non-hydrogen) atoms. The van der Waals surface area contributed by atoms with Gasteiger partial charge >= 0.3 is 5.97 Å². The van der Waals surface area contributed by atoms with Gasteiger partial charge in [0.15, 0.2) is 0 Å². The van der Waals surface area contributed by atoms with Crippen LogP contribution in [0.3, 0.4) is 0 Å². The number of hydrogen-bond donors (Lipinski definition) is 1. The van der Waals surface area contributed by atoms with Crippen molar-refractivity contribution in [3.8, 4) is 0 Å². The van der Waals surface area contributed by atoms with Gasteiger partial charge in [-0.3, -0.25) is 9.59 Å². The summed E-state index contributed by atoms with van der Waals surface area (Å²) in [6, 6.07) is 0. The van der Waals surface area contributed by atoms with Crippen LogP contribution in [0.5, 0.6) is 0 Å². The highest BCUT2D eigenvalue weighted by Gasteiger charge is 2.44. The maximum Gasteiger partial charge on any atom is 0.313 e. The Kier molecular flexibility index (Phi) is 3.90. The van der Waals surface area contributed by atoms with Crippen LogP contribution in [0, 0.1) is 11.3 Å². The molecule has 1 atom stereocenters. The number of hydrogen-bond acceptors (Lipinski definition) is 4. The molecule has 2 aliphatic rings. The molecule has 5 heteroatoms. The van der Waals surface area contributed by atoms with E-state index < -0.39 is 5.41 Å². The van der Waals surface area contributed by atoms with Crippen LogP contribution in [-0.2, 0) is 14.3 Å². The third kappa shape index (κ3) is 2.51. The normalized spacial score (nSPS) is 29.3. The van der Waals surface area contributed by atoms with Gasteiger partial charge in [0.05, 0.1) is 12.5 Å². The average molecular weight is 254 g/mol. The molecule has 2 fully saturated rings. The van der Waals surface area contributed by atoms with Crippen molar-refractivity contribution in [3.63, 3.8) is 0 Å². The number of nitrogens with zero attached hydrogens (tertiary/aromatic N) is 1. The molecule has 0 radical (unpaired) electrons. The van der Waals surface area contributed by atoms with E-state index in [4.69, 9.17) is 4.74 Å². The van der Waals surface area contributed by atoms with E-state index in [1.165, 1.54) is 7.11 Å². The number of methoxy groups -OCH3 is 1. The number of piperidine rings is 1. The third-order valence-corrected chi connectivity index (χ3v) is 4.15. The highest BCUT2D eigenvalue weighted by Crippen LogP contribution is 2.32. The summed E-state index contributed by atoms with van der Waals surface area (Å²) < 4.78 is 4.82. The largest absolute Gasteiger partial charge is 0.469 e. The Bertz CT molecular complexity index is 339.